The van der Waals surface area contributed by atoms with E-state index in [2.05, 4.69) is 5.32 Å². The Labute approximate surface area is 143 Å². The van der Waals surface area contributed by atoms with E-state index in [-0.39, 0.29) is 5.91 Å². The van der Waals surface area contributed by atoms with Crippen LogP contribution in [-0.2, 0) is 4.79 Å². The molecule has 0 spiro atoms. The van der Waals surface area contributed by atoms with Gasteiger partial charge in [0.15, 0.2) is 11.5 Å². The van der Waals surface area contributed by atoms with E-state index < -0.39 is 0 Å². The normalized spacial score (nSPS) is 16.8. The molecule has 2 aromatic rings. The van der Waals surface area contributed by atoms with Gasteiger partial charge in [-0.05, 0) is 35.9 Å². The highest BCUT2D eigenvalue weighted by Crippen LogP contribution is 2.42. The lowest BCUT2D eigenvalue weighted by Gasteiger charge is -2.21. The SMILES string of the molecule is COc1cc(/C=C2/C(=O)Nc3cc(Cl)ccc32)cc2c1OCCO2. The van der Waals surface area contributed by atoms with Crippen molar-refractivity contribution < 1.29 is 19.0 Å². The third kappa shape index (κ3) is 2.47. The lowest BCUT2D eigenvalue weighted by Crippen LogP contribution is -2.16. The summed E-state index contributed by atoms with van der Waals surface area (Å²) in [4.78, 5) is 12.3. The van der Waals surface area contributed by atoms with Crippen LogP contribution in [0.2, 0.25) is 5.02 Å². The minimum absolute atomic E-state index is 0.166. The van der Waals surface area contributed by atoms with Gasteiger partial charge < -0.3 is 19.5 Å². The number of hydrogen-bond acceptors (Lipinski definition) is 4. The number of benzene rings is 2. The van der Waals surface area contributed by atoms with Crippen molar-refractivity contribution in [1.82, 2.24) is 0 Å². The van der Waals surface area contributed by atoms with Crippen LogP contribution in [0.4, 0.5) is 5.69 Å². The molecule has 4 rings (SSSR count). The summed E-state index contributed by atoms with van der Waals surface area (Å²) in [5.74, 6) is 1.62. The number of rotatable bonds is 2. The average Bonchev–Trinajstić information content (AvgIpc) is 2.88. The fourth-order valence-electron chi connectivity index (χ4n) is 2.85. The van der Waals surface area contributed by atoms with E-state index in [9.17, 15) is 4.79 Å². The molecule has 2 aliphatic rings. The average molecular weight is 344 g/mol. The van der Waals surface area contributed by atoms with Crippen LogP contribution < -0.4 is 19.5 Å². The highest BCUT2D eigenvalue weighted by molar-refractivity contribution is 6.36. The lowest BCUT2D eigenvalue weighted by atomic mass is 10.0. The minimum atomic E-state index is -0.166. The molecule has 1 N–H and O–H groups in total. The van der Waals surface area contributed by atoms with Gasteiger partial charge in [0.1, 0.15) is 13.2 Å². The van der Waals surface area contributed by atoms with Gasteiger partial charge in [0.25, 0.3) is 5.91 Å². The Hall–Kier alpha value is -2.66. The molecule has 1 amide bonds. The zero-order chi connectivity index (χ0) is 16.7. The van der Waals surface area contributed by atoms with Gasteiger partial charge in [0.05, 0.1) is 12.8 Å². The van der Waals surface area contributed by atoms with E-state index >= 15 is 0 Å². The summed E-state index contributed by atoms with van der Waals surface area (Å²) in [6.07, 6.45) is 1.80. The standard InChI is InChI=1S/C18H14ClNO4/c1-22-15-7-10(8-16-17(15)24-5-4-23-16)6-13-12-3-2-11(19)9-14(12)20-18(13)21/h2-3,6-9H,4-5H2,1H3,(H,20,21)/b13-6+. The van der Waals surface area contributed by atoms with E-state index in [1.54, 1.807) is 25.3 Å². The van der Waals surface area contributed by atoms with Gasteiger partial charge in [0, 0.05) is 16.2 Å². The van der Waals surface area contributed by atoms with Gasteiger partial charge in [-0.2, -0.15) is 0 Å². The monoisotopic (exact) mass is 343 g/mol. The third-order valence-corrected chi connectivity index (χ3v) is 4.16. The van der Waals surface area contributed by atoms with Crippen LogP contribution in [0.1, 0.15) is 11.1 Å². The van der Waals surface area contributed by atoms with Crippen molar-refractivity contribution in [2.45, 2.75) is 0 Å². The van der Waals surface area contributed by atoms with E-state index in [0.717, 1.165) is 11.1 Å². The van der Waals surface area contributed by atoms with Crippen molar-refractivity contribution in [3.63, 3.8) is 0 Å². The first-order chi connectivity index (χ1) is 11.7. The lowest BCUT2D eigenvalue weighted by molar-refractivity contribution is -0.110. The fraction of sp³-hybridized carbons (Fsp3) is 0.167. The maximum Gasteiger partial charge on any atom is 0.256 e. The molecule has 0 bridgehead atoms. The molecule has 0 radical (unpaired) electrons. The second-order valence-corrected chi connectivity index (χ2v) is 5.89. The molecule has 0 saturated carbocycles. The molecule has 5 nitrogen and oxygen atoms in total. The van der Waals surface area contributed by atoms with E-state index in [1.165, 1.54) is 0 Å². The molecule has 122 valence electrons. The molecule has 0 aromatic heterocycles. The minimum Gasteiger partial charge on any atom is -0.493 e. The number of hydrogen-bond donors (Lipinski definition) is 1. The molecular formula is C18H14ClNO4. The van der Waals surface area contributed by atoms with Crippen LogP contribution in [0.5, 0.6) is 17.2 Å². The fourth-order valence-corrected chi connectivity index (χ4v) is 3.03. The van der Waals surface area contributed by atoms with Crippen molar-refractivity contribution in [3.05, 3.63) is 46.5 Å². The van der Waals surface area contributed by atoms with Gasteiger partial charge in [-0.3, -0.25) is 4.79 Å². The van der Waals surface area contributed by atoms with Crippen LogP contribution in [-0.4, -0.2) is 26.2 Å². The first-order valence-corrected chi connectivity index (χ1v) is 7.84. The predicted molar refractivity (Wildman–Crippen MR) is 91.9 cm³/mol. The smallest absolute Gasteiger partial charge is 0.256 e. The zero-order valence-corrected chi connectivity index (χ0v) is 13.6. The Morgan fingerprint density at radius 1 is 1.21 bits per heavy atom. The second-order valence-electron chi connectivity index (χ2n) is 5.45. The summed E-state index contributed by atoms with van der Waals surface area (Å²) in [5, 5.41) is 3.40. The van der Waals surface area contributed by atoms with Crippen LogP contribution in [0, 0.1) is 0 Å². The van der Waals surface area contributed by atoms with E-state index in [4.69, 9.17) is 25.8 Å². The number of halogens is 1. The Bertz CT molecular complexity index is 858. The number of carbonyl (C=O) groups excluding carboxylic acids is 1. The van der Waals surface area contributed by atoms with Crippen LogP contribution in [0.25, 0.3) is 11.6 Å². The number of anilines is 1. The van der Waals surface area contributed by atoms with Crippen molar-refractivity contribution in [2.24, 2.45) is 0 Å². The molecule has 0 unspecified atom stereocenters. The highest BCUT2D eigenvalue weighted by atomic mass is 35.5. The van der Waals surface area contributed by atoms with Gasteiger partial charge >= 0.3 is 0 Å². The number of nitrogens with one attached hydrogen (secondary N) is 1. The summed E-state index contributed by atoms with van der Waals surface area (Å²) in [7, 11) is 1.57. The quantitative estimate of drug-likeness (QED) is 0.846. The van der Waals surface area contributed by atoms with Crippen molar-refractivity contribution in [2.75, 3.05) is 25.6 Å². The molecule has 24 heavy (non-hydrogen) atoms. The van der Waals surface area contributed by atoms with Gasteiger partial charge in [-0.15, -0.1) is 0 Å². The number of methoxy groups -OCH3 is 1. The number of carbonyl (C=O) groups is 1. The molecule has 6 heteroatoms. The molecule has 0 saturated heterocycles. The Balaban J connectivity index is 1.80. The van der Waals surface area contributed by atoms with Crippen molar-refractivity contribution >= 4 is 34.8 Å². The Morgan fingerprint density at radius 2 is 2.04 bits per heavy atom. The maximum atomic E-state index is 12.3. The van der Waals surface area contributed by atoms with Crippen molar-refractivity contribution in [1.29, 1.82) is 0 Å². The Kier molecular flexibility index (Phi) is 3.58. The van der Waals surface area contributed by atoms with Crippen molar-refractivity contribution in [3.8, 4) is 17.2 Å². The predicted octanol–water partition coefficient (Wildman–Crippen LogP) is 3.61. The number of fused-ring (bicyclic) bond motifs is 2. The molecule has 0 atom stereocenters. The highest BCUT2D eigenvalue weighted by Gasteiger charge is 2.25. The molecule has 2 aromatic carbocycles. The van der Waals surface area contributed by atoms with Crippen LogP contribution in [0.15, 0.2) is 30.3 Å². The topological polar surface area (TPSA) is 56.8 Å². The Morgan fingerprint density at radius 3 is 2.88 bits per heavy atom. The molecule has 0 aliphatic carbocycles. The van der Waals surface area contributed by atoms with Gasteiger partial charge in [0.2, 0.25) is 5.75 Å². The first-order valence-electron chi connectivity index (χ1n) is 7.46. The summed E-state index contributed by atoms with van der Waals surface area (Å²) in [6, 6.07) is 8.99. The van der Waals surface area contributed by atoms with Crippen LogP contribution >= 0.6 is 11.6 Å². The summed E-state index contributed by atoms with van der Waals surface area (Å²) < 4.78 is 16.6. The van der Waals surface area contributed by atoms with Crippen LogP contribution in [0.3, 0.4) is 0 Å². The van der Waals surface area contributed by atoms with Gasteiger partial charge in [-0.1, -0.05) is 17.7 Å². The largest absolute Gasteiger partial charge is 0.493 e. The molecular weight excluding hydrogens is 330 g/mol. The summed E-state index contributed by atoms with van der Waals surface area (Å²) in [6.45, 7) is 0.971. The number of amides is 1. The molecule has 2 aliphatic heterocycles. The summed E-state index contributed by atoms with van der Waals surface area (Å²) >= 11 is 5.98. The molecule has 0 fully saturated rings. The number of ether oxygens (including phenoxy) is 3. The van der Waals surface area contributed by atoms with Gasteiger partial charge in [-0.25, -0.2) is 0 Å². The third-order valence-electron chi connectivity index (χ3n) is 3.93. The summed E-state index contributed by atoms with van der Waals surface area (Å²) in [5.41, 5.74) is 2.89. The second kappa shape index (κ2) is 5.76. The molecule has 2 heterocycles. The zero-order valence-electron chi connectivity index (χ0n) is 12.9. The first kappa shape index (κ1) is 14.9. The maximum absolute atomic E-state index is 12.3. The van der Waals surface area contributed by atoms with E-state index in [1.807, 2.05) is 18.2 Å². The van der Waals surface area contributed by atoms with E-state index in [0.29, 0.717) is 46.7 Å².